The highest BCUT2D eigenvalue weighted by Crippen LogP contribution is 2.44. The van der Waals surface area contributed by atoms with Gasteiger partial charge in [0.05, 0.1) is 12.7 Å². The molecule has 0 spiro atoms. The summed E-state index contributed by atoms with van der Waals surface area (Å²) < 4.78 is 10.7. The zero-order valence-electron chi connectivity index (χ0n) is 13.6. The predicted octanol–water partition coefficient (Wildman–Crippen LogP) is 2.58. The second kappa shape index (κ2) is 6.60. The van der Waals surface area contributed by atoms with Crippen molar-refractivity contribution in [3.8, 4) is 11.5 Å². The van der Waals surface area contributed by atoms with Crippen molar-refractivity contribution in [2.24, 2.45) is 11.8 Å². The van der Waals surface area contributed by atoms with Crippen LogP contribution in [0.4, 0.5) is 0 Å². The molecule has 0 atom stereocenters. The van der Waals surface area contributed by atoms with Crippen LogP contribution < -0.4 is 14.8 Å². The van der Waals surface area contributed by atoms with Crippen LogP contribution >= 0.6 is 0 Å². The fourth-order valence-electron chi connectivity index (χ4n) is 2.94. The molecule has 0 radical (unpaired) electrons. The summed E-state index contributed by atoms with van der Waals surface area (Å²) in [5.74, 6) is 2.07. The Morgan fingerprint density at radius 1 is 1.22 bits per heavy atom. The highest BCUT2D eigenvalue weighted by atomic mass is 16.5. The Bertz CT molecular complexity index is 593. The van der Waals surface area contributed by atoms with Crippen LogP contribution in [0.1, 0.15) is 43.0 Å². The highest BCUT2D eigenvalue weighted by molar-refractivity contribution is 5.97. The molecule has 0 aromatic heterocycles. The molecule has 2 aliphatic carbocycles. The fraction of sp³-hybridized carbons (Fsp3) is 0.556. The van der Waals surface area contributed by atoms with Crippen molar-refractivity contribution in [1.29, 1.82) is 0 Å². The molecule has 5 nitrogen and oxygen atoms in total. The van der Waals surface area contributed by atoms with Gasteiger partial charge in [0, 0.05) is 12.1 Å². The van der Waals surface area contributed by atoms with Gasteiger partial charge in [0.25, 0.3) is 5.91 Å². The maximum Gasteiger partial charge on any atom is 0.258 e. The Hall–Kier alpha value is -2.04. The number of hydrogen-bond donors (Lipinski definition) is 1. The van der Waals surface area contributed by atoms with Gasteiger partial charge >= 0.3 is 0 Å². The first-order chi connectivity index (χ1) is 11.1. The van der Waals surface area contributed by atoms with Gasteiger partial charge in [-0.3, -0.25) is 9.59 Å². The molecule has 1 aromatic carbocycles. The Morgan fingerprint density at radius 3 is 2.39 bits per heavy atom. The third-order valence-corrected chi connectivity index (χ3v) is 4.51. The van der Waals surface area contributed by atoms with Crippen LogP contribution in [0.25, 0.3) is 0 Å². The first kappa shape index (κ1) is 15.8. The van der Waals surface area contributed by atoms with Crippen molar-refractivity contribution < 1.29 is 19.1 Å². The number of ether oxygens (including phenoxy) is 2. The van der Waals surface area contributed by atoms with Crippen LogP contribution in [0.2, 0.25) is 0 Å². The molecule has 2 saturated carbocycles. The number of Topliss-reactive ketones (excluding diaryl/α,β-unsaturated/α-hetero) is 1. The molecule has 0 bridgehead atoms. The van der Waals surface area contributed by atoms with Crippen LogP contribution in [0, 0.1) is 11.8 Å². The van der Waals surface area contributed by atoms with E-state index >= 15 is 0 Å². The predicted molar refractivity (Wildman–Crippen MR) is 85.9 cm³/mol. The summed E-state index contributed by atoms with van der Waals surface area (Å²) in [7, 11) is 1.55. The zero-order chi connectivity index (χ0) is 16.4. The van der Waals surface area contributed by atoms with Crippen LogP contribution in [-0.2, 0) is 4.79 Å². The average molecular weight is 317 g/mol. The molecule has 2 fully saturated rings. The van der Waals surface area contributed by atoms with Crippen molar-refractivity contribution in [3.63, 3.8) is 0 Å². The van der Waals surface area contributed by atoms with Crippen LogP contribution in [0.3, 0.4) is 0 Å². The third kappa shape index (κ3) is 4.03. The molecule has 23 heavy (non-hydrogen) atoms. The third-order valence-electron chi connectivity index (χ3n) is 4.51. The van der Waals surface area contributed by atoms with Gasteiger partial charge in [-0.05, 0) is 56.6 Å². The Kier molecular flexibility index (Phi) is 4.55. The summed E-state index contributed by atoms with van der Waals surface area (Å²) in [6, 6.07) is 5.32. The highest BCUT2D eigenvalue weighted by Gasteiger charge is 2.42. The lowest BCUT2D eigenvalue weighted by Crippen LogP contribution is -2.40. The summed E-state index contributed by atoms with van der Waals surface area (Å²) >= 11 is 0. The van der Waals surface area contributed by atoms with Crippen molar-refractivity contribution in [2.75, 3.05) is 13.7 Å². The van der Waals surface area contributed by atoms with Crippen LogP contribution in [-0.4, -0.2) is 31.4 Å². The monoisotopic (exact) mass is 317 g/mol. The molecule has 2 aliphatic rings. The maximum atomic E-state index is 12.2. The molecule has 0 saturated heterocycles. The SMILES string of the molecule is COc1ccc(C(C)=O)c(OCC(=O)NC(C2CC2)C2CC2)c1. The number of carbonyl (C=O) groups is 2. The minimum Gasteiger partial charge on any atom is -0.497 e. The van der Waals surface area contributed by atoms with Gasteiger partial charge in [-0.1, -0.05) is 0 Å². The van der Waals surface area contributed by atoms with E-state index in [0.29, 0.717) is 34.9 Å². The Labute approximate surface area is 136 Å². The van der Waals surface area contributed by atoms with E-state index in [0.717, 1.165) is 0 Å². The van der Waals surface area contributed by atoms with E-state index in [1.165, 1.54) is 32.6 Å². The molecule has 124 valence electrons. The van der Waals surface area contributed by atoms with Crippen LogP contribution in [0.15, 0.2) is 18.2 Å². The number of nitrogens with one attached hydrogen (secondary N) is 1. The van der Waals surface area contributed by atoms with E-state index in [9.17, 15) is 9.59 Å². The standard InChI is InChI=1S/C18H23NO4/c1-11(20)15-8-7-14(22-2)9-16(15)23-10-17(21)19-18(12-3-4-12)13-5-6-13/h7-9,12-13,18H,3-6,10H2,1-2H3,(H,19,21). The Balaban J connectivity index is 1.60. The van der Waals surface area contributed by atoms with Crippen molar-refractivity contribution >= 4 is 11.7 Å². The van der Waals surface area contributed by atoms with Gasteiger partial charge in [-0.15, -0.1) is 0 Å². The molecule has 3 rings (SSSR count). The van der Waals surface area contributed by atoms with E-state index in [4.69, 9.17) is 9.47 Å². The fourth-order valence-corrected chi connectivity index (χ4v) is 2.94. The summed E-state index contributed by atoms with van der Waals surface area (Å²) in [4.78, 5) is 23.8. The second-order valence-corrected chi connectivity index (χ2v) is 6.48. The molecular weight excluding hydrogens is 294 g/mol. The van der Waals surface area contributed by atoms with Crippen LogP contribution in [0.5, 0.6) is 11.5 Å². The van der Waals surface area contributed by atoms with Gasteiger partial charge in [0.2, 0.25) is 0 Å². The van der Waals surface area contributed by atoms with Gasteiger partial charge in [-0.2, -0.15) is 0 Å². The first-order valence-electron chi connectivity index (χ1n) is 8.19. The summed E-state index contributed by atoms with van der Waals surface area (Å²) in [5, 5.41) is 3.11. The molecule has 5 heteroatoms. The molecule has 1 N–H and O–H groups in total. The molecule has 0 aliphatic heterocycles. The van der Waals surface area contributed by atoms with Crippen molar-refractivity contribution in [1.82, 2.24) is 5.32 Å². The van der Waals surface area contributed by atoms with E-state index < -0.39 is 0 Å². The number of carbonyl (C=O) groups excluding carboxylic acids is 2. The normalized spacial score (nSPS) is 17.0. The minimum atomic E-state index is -0.119. The number of amides is 1. The van der Waals surface area contributed by atoms with E-state index in [-0.39, 0.29) is 18.3 Å². The molecule has 1 aromatic rings. The summed E-state index contributed by atoms with van der Waals surface area (Å²) in [5.41, 5.74) is 0.458. The van der Waals surface area contributed by atoms with Gasteiger partial charge in [0.1, 0.15) is 11.5 Å². The second-order valence-electron chi connectivity index (χ2n) is 6.48. The van der Waals surface area contributed by atoms with E-state index in [1.807, 2.05) is 0 Å². The number of hydrogen-bond acceptors (Lipinski definition) is 4. The topological polar surface area (TPSA) is 64.6 Å². The van der Waals surface area contributed by atoms with Crippen molar-refractivity contribution in [3.05, 3.63) is 23.8 Å². The minimum absolute atomic E-state index is 0.0800. The quantitative estimate of drug-likeness (QED) is 0.749. The van der Waals surface area contributed by atoms with E-state index in [2.05, 4.69) is 5.32 Å². The summed E-state index contributed by atoms with van der Waals surface area (Å²) in [6.45, 7) is 1.40. The number of ketones is 1. The smallest absolute Gasteiger partial charge is 0.258 e. The summed E-state index contributed by atoms with van der Waals surface area (Å²) in [6.07, 6.45) is 4.86. The molecule has 0 heterocycles. The Morgan fingerprint density at radius 2 is 1.87 bits per heavy atom. The number of benzene rings is 1. The molecule has 0 unspecified atom stereocenters. The largest absolute Gasteiger partial charge is 0.497 e. The lowest BCUT2D eigenvalue weighted by molar-refractivity contribution is -0.124. The number of methoxy groups -OCH3 is 1. The first-order valence-corrected chi connectivity index (χ1v) is 8.19. The maximum absolute atomic E-state index is 12.2. The van der Waals surface area contributed by atoms with E-state index in [1.54, 1.807) is 25.3 Å². The molecule has 1 amide bonds. The average Bonchev–Trinajstić information content (AvgIpc) is 3.42. The number of rotatable bonds is 8. The lowest BCUT2D eigenvalue weighted by Gasteiger charge is -2.18. The van der Waals surface area contributed by atoms with Crippen molar-refractivity contribution in [2.45, 2.75) is 38.6 Å². The van der Waals surface area contributed by atoms with Gasteiger partial charge in [0.15, 0.2) is 12.4 Å². The molecular formula is C18H23NO4. The van der Waals surface area contributed by atoms with Gasteiger partial charge < -0.3 is 14.8 Å². The zero-order valence-corrected chi connectivity index (χ0v) is 13.6. The van der Waals surface area contributed by atoms with Gasteiger partial charge in [-0.25, -0.2) is 0 Å². The lowest BCUT2D eigenvalue weighted by atomic mass is 10.1.